The monoisotopic (exact) mass is 453 g/mol. The lowest BCUT2D eigenvalue weighted by molar-refractivity contribution is -0.655. The van der Waals surface area contributed by atoms with Crippen molar-refractivity contribution in [3.8, 4) is 27.8 Å². The molecule has 0 radical (unpaired) electrons. The van der Waals surface area contributed by atoms with E-state index in [4.69, 9.17) is 9.90 Å². The average molecular weight is 454 g/mol. The molecular formula is C29H25N2OS+. The molecule has 1 aliphatic rings. The van der Waals surface area contributed by atoms with Crippen molar-refractivity contribution in [1.82, 2.24) is 0 Å². The zero-order valence-electron chi connectivity index (χ0n) is 22.9. The molecule has 2 aromatic heterocycles. The summed E-state index contributed by atoms with van der Waals surface area (Å²) in [5.41, 5.74) is 4.48. The zero-order chi connectivity index (χ0) is 26.5. The Labute approximate surface area is 203 Å². The second-order valence-electron chi connectivity index (χ2n) is 9.17. The topological polar surface area (TPSA) is 40.8 Å². The van der Waals surface area contributed by atoms with Crippen LogP contribution in [0.2, 0.25) is 0 Å². The first-order chi connectivity index (χ1) is 17.4. The number of thiazole rings is 1. The van der Waals surface area contributed by atoms with Crippen LogP contribution in [0.1, 0.15) is 41.6 Å². The number of hydrogen-bond acceptors (Lipinski definition) is 3. The van der Waals surface area contributed by atoms with Crippen LogP contribution < -0.4 is 4.57 Å². The maximum Gasteiger partial charge on any atom is 0.272 e. The Bertz CT molecular complexity index is 1810. The first-order valence-electron chi connectivity index (χ1n) is 12.9. The van der Waals surface area contributed by atoms with Crippen molar-refractivity contribution < 1.29 is 14.5 Å². The first-order valence-corrected chi connectivity index (χ1v) is 11.8. The van der Waals surface area contributed by atoms with Gasteiger partial charge < -0.3 is 4.42 Å². The molecule has 33 heavy (non-hydrogen) atoms. The van der Waals surface area contributed by atoms with Gasteiger partial charge in [0.15, 0.2) is 11.8 Å². The van der Waals surface area contributed by atoms with Crippen LogP contribution in [-0.2, 0) is 19.8 Å². The number of benzene rings is 3. The SMILES string of the molecule is [2H]C1([2H])c2ccc(-c3c(C#N)ccc4c3oc3c(-c5scc[n+]5C)c(C)ccc34)cc2C([2H])([2H])C1(C)C. The second-order valence-corrected chi connectivity index (χ2v) is 10.1. The number of rotatable bonds is 2. The highest BCUT2D eigenvalue weighted by Gasteiger charge is 2.29. The molecule has 6 rings (SSSR count). The van der Waals surface area contributed by atoms with Crippen LogP contribution in [0, 0.1) is 23.7 Å². The zero-order valence-corrected chi connectivity index (χ0v) is 19.7. The minimum atomic E-state index is -1.89. The summed E-state index contributed by atoms with van der Waals surface area (Å²) in [6, 6.07) is 15.2. The van der Waals surface area contributed by atoms with Gasteiger partial charge in [-0.15, -0.1) is 0 Å². The molecule has 0 saturated carbocycles. The predicted molar refractivity (Wildman–Crippen MR) is 134 cm³/mol. The van der Waals surface area contributed by atoms with E-state index in [0.717, 1.165) is 32.5 Å². The Hall–Kier alpha value is -3.42. The van der Waals surface area contributed by atoms with E-state index in [0.29, 0.717) is 33.4 Å². The van der Waals surface area contributed by atoms with Gasteiger partial charge in [0.25, 0.3) is 5.01 Å². The van der Waals surface area contributed by atoms with Crippen molar-refractivity contribution in [2.75, 3.05) is 0 Å². The highest BCUT2D eigenvalue weighted by atomic mass is 32.1. The van der Waals surface area contributed by atoms with Gasteiger partial charge in [0.2, 0.25) is 0 Å². The smallest absolute Gasteiger partial charge is 0.272 e. The number of hydrogen-bond donors (Lipinski definition) is 0. The summed E-state index contributed by atoms with van der Waals surface area (Å²) in [5, 5.41) is 15.0. The predicted octanol–water partition coefficient (Wildman–Crippen LogP) is 7.11. The molecule has 0 N–H and O–H groups in total. The molecule has 0 unspecified atom stereocenters. The normalized spacial score (nSPS) is 19.5. The van der Waals surface area contributed by atoms with Gasteiger partial charge in [0, 0.05) is 21.8 Å². The Morgan fingerprint density at radius 2 is 1.76 bits per heavy atom. The third-order valence-electron chi connectivity index (χ3n) is 6.34. The fourth-order valence-corrected chi connectivity index (χ4v) is 5.81. The highest BCUT2D eigenvalue weighted by Crippen LogP contribution is 2.44. The van der Waals surface area contributed by atoms with E-state index in [1.165, 1.54) is 0 Å². The number of furan rings is 1. The second kappa shape index (κ2) is 7.04. The molecule has 0 amide bonds. The van der Waals surface area contributed by atoms with Crippen molar-refractivity contribution in [2.45, 2.75) is 33.5 Å². The Balaban J connectivity index is 1.68. The van der Waals surface area contributed by atoms with Crippen LogP contribution in [0.25, 0.3) is 43.6 Å². The van der Waals surface area contributed by atoms with Crippen LogP contribution in [0.4, 0.5) is 0 Å². The number of nitrogens with zero attached hydrogens (tertiary/aromatic N) is 2. The molecule has 1 aliphatic carbocycles. The summed E-state index contributed by atoms with van der Waals surface area (Å²) < 4.78 is 43.7. The van der Waals surface area contributed by atoms with Crippen LogP contribution in [0.15, 0.2) is 58.5 Å². The van der Waals surface area contributed by atoms with Gasteiger partial charge in [-0.05, 0) is 59.5 Å². The molecule has 162 valence electrons. The molecule has 0 spiro atoms. The van der Waals surface area contributed by atoms with Crippen molar-refractivity contribution in [3.63, 3.8) is 0 Å². The van der Waals surface area contributed by atoms with Gasteiger partial charge in [0.05, 0.1) is 17.0 Å². The van der Waals surface area contributed by atoms with Gasteiger partial charge >= 0.3 is 0 Å². The van der Waals surface area contributed by atoms with E-state index in [9.17, 15) is 5.26 Å². The molecule has 3 aromatic carbocycles. The molecule has 0 bridgehead atoms. The minimum Gasteiger partial charge on any atom is -0.454 e. The quantitative estimate of drug-likeness (QED) is 0.267. The molecule has 4 heteroatoms. The summed E-state index contributed by atoms with van der Waals surface area (Å²) in [4.78, 5) is 0. The molecule has 0 saturated heterocycles. The Morgan fingerprint density at radius 3 is 2.48 bits per heavy atom. The van der Waals surface area contributed by atoms with Crippen LogP contribution >= 0.6 is 11.3 Å². The maximum atomic E-state index is 10.0. The minimum absolute atomic E-state index is 0.319. The lowest BCUT2D eigenvalue weighted by Gasteiger charge is -2.14. The first kappa shape index (κ1) is 16.2. The lowest BCUT2D eigenvalue weighted by atomic mass is 9.90. The van der Waals surface area contributed by atoms with Crippen molar-refractivity contribution in [2.24, 2.45) is 12.5 Å². The summed E-state index contributed by atoms with van der Waals surface area (Å²) in [6.45, 7) is 5.31. The standard InChI is InChI=1S/C29H25N2OS/c1-17-5-9-22-23-10-8-20(16-30)25(18-6-7-19-14-29(2,3)15-21(19)13-18)27(23)32-26(22)24(17)28-31(4)11-12-33-28/h5-13H,14-15H2,1-4H3/q+1/i14D2,15D2. The molecule has 0 atom stereocenters. The maximum absolute atomic E-state index is 10.0. The largest absolute Gasteiger partial charge is 0.454 e. The number of fused-ring (bicyclic) bond motifs is 4. The van der Waals surface area contributed by atoms with Gasteiger partial charge in [-0.3, -0.25) is 0 Å². The van der Waals surface area contributed by atoms with E-state index in [2.05, 4.69) is 23.6 Å². The van der Waals surface area contributed by atoms with Gasteiger partial charge in [-0.25, -0.2) is 0 Å². The summed E-state index contributed by atoms with van der Waals surface area (Å²) in [6.07, 6.45) is -1.72. The lowest BCUT2D eigenvalue weighted by Crippen LogP contribution is -2.26. The van der Waals surface area contributed by atoms with E-state index in [-0.39, 0.29) is 0 Å². The Morgan fingerprint density at radius 1 is 1.03 bits per heavy atom. The summed E-state index contributed by atoms with van der Waals surface area (Å²) >= 11 is 1.64. The van der Waals surface area contributed by atoms with Crippen LogP contribution in [-0.4, -0.2) is 0 Å². The molecule has 3 nitrogen and oxygen atoms in total. The molecule has 2 heterocycles. The molecule has 0 fully saturated rings. The number of aryl methyl sites for hydroxylation is 2. The molecule has 5 aromatic rings. The third kappa shape index (κ3) is 3.03. The Kier molecular flexibility index (Phi) is 3.46. The average Bonchev–Trinajstić information content (AvgIpc) is 3.47. The van der Waals surface area contributed by atoms with Gasteiger partial charge in [-0.1, -0.05) is 55.5 Å². The van der Waals surface area contributed by atoms with Crippen LogP contribution in [0.5, 0.6) is 0 Å². The molecular weight excluding hydrogens is 424 g/mol. The third-order valence-corrected chi connectivity index (χ3v) is 7.31. The highest BCUT2D eigenvalue weighted by molar-refractivity contribution is 7.12. The fourth-order valence-electron chi connectivity index (χ4n) is 4.84. The van der Waals surface area contributed by atoms with E-state index in [1.807, 2.05) is 30.8 Å². The van der Waals surface area contributed by atoms with Gasteiger partial charge in [-0.2, -0.15) is 9.83 Å². The number of aromatic nitrogens is 1. The molecule has 0 aliphatic heterocycles. The van der Waals surface area contributed by atoms with Crippen molar-refractivity contribution in [3.05, 3.63) is 76.3 Å². The summed E-state index contributed by atoms with van der Waals surface area (Å²) in [5.74, 6) is 0. The van der Waals surface area contributed by atoms with E-state index in [1.54, 1.807) is 49.4 Å². The summed E-state index contributed by atoms with van der Waals surface area (Å²) in [7, 11) is 2.00. The number of nitriles is 1. The van der Waals surface area contributed by atoms with E-state index < -0.39 is 18.2 Å². The van der Waals surface area contributed by atoms with Gasteiger partial charge in [0.1, 0.15) is 18.2 Å². The van der Waals surface area contributed by atoms with Crippen LogP contribution in [0.3, 0.4) is 0 Å². The van der Waals surface area contributed by atoms with Crippen molar-refractivity contribution in [1.29, 1.82) is 5.26 Å². The van der Waals surface area contributed by atoms with Crippen molar-refractivity contribution >= 4 is 33.3 Å². The fraction of sp³-hybridized carbons (Fsp3) is 0.241. The van der Waals surface area contributed by atoms with E-state index >= 15 is 0 Å².